The molecule has 1 rings (SSSR count). The van der Waals surface area contributed by atoms with Gasteiger partial charge in [0.25, 0.3) is 0 Å². The first-order valence-corrected chi connectivity index (χ1v) is 4.38. The molecule has 0 aromatic heterocycles. The third-order valence-corrected chi connectivity index (χ3v) is 2.88. The van der Waals surface area contributed by atoms with Crippen LogP contribution >= 0.6 is 0 Å². The van der Waals surface area contributed by atoms with E-state index < -0.39 is 11.7 Å². The second kappa shape index (κ2) is 3.42. The summed E-state index contributed by atoms with van der Waals surface area (Å²) in [5.74, 6) is -0.125. The highest BCUT2D eigenvalue weighted by Crippen LogP contribution is 2.37. The van der Waals surface area contributed by atoms with Gasteiger partial charge in [-0.25, -0.2) is 0 Å². The molecule has 2 N–H and O–H groups in total. The molecule has 3 nitrogen and oxygen atoms in total. The Balaban J connectivity index is 2.64. The largest absolute Gasteiger partial charge is 0.390 e. The maximum atomic E-state index is 9.96. The predicted molar refractivity (Wildman–Crippen MR) is 44.2 cm³/mol. The van der Waals surface area contributed by atoms with Gasteiger partial charge in [0.15, 0.2) is 0 Å². The molecule has 1 fully saturated rings. The summed E-state index contributed by atoms with van der Waals surface area (Å²) in [5.41, 5.74) is -1.00. The zero-order valence-electron chi connectivity index (χ0n) is 7.32. The number of aliphatic hydroxyl groups excluding tert-OH is 1. The molecule has 0 spiro atoms. The van der Waals surface area contributed by atoms with E-state index in [1.54, 1.807) is 0 Å². The summed E-state index contributed by atoms with van der Waals surface area (Å²) in [5, 5.41) is 27.9. The van der Waals surface area contributed by atoms with E-state index in [2.05, 4.69) is 0 Å². The Labute approximate surface area is 72.6 Å². The molecule has 1 saturated carbocycles. The van der Waals surface area contributed by atoms with Crippen molar-refractivity contribution < 1.29 is 10.2 Å². The van der Waals surface area contributed by atoms with E-state index in [4.69, 9.17) is 5.26 Å². The lowest BCUT2D eigenvalue weighted by atomic mass is 9.84. The van der Waals surface area contributed by atoms with Gasteiger partial charge in [-0.2, -0.15) is 5.26 Å². The molecule has 0 aromatic rings. The molecule has 0 saturated heterocycles. The van der Waals surface area contributed by atoms with Crippen LogP contribution in [0.15, 0.2) is 0 Å². The lowest BCUT2D eigenvalue weighted by Crippen LogP contribution is -2.43. The maximum Gasteiger partial charge on any atom is 0.0940 e. The number of hydrogen-bond acceptors (Lipinski definition) is 3. The summed E-state index contributed by atoms with van der Waals surface area (Å²) in [6.07, 6.45) is 1.81. The number of nitriles is 1. The maximum absolute atomic E-state index is 9.96. The Morgan fingerprint density at radius 1 is 1.75 bits per heavy atom. The molecule has 3 unspecified atom stereocenters. The molecule has 12 heavy (non-hydrogen) atoms. The topological polar surface area (TPSA) is 64.2 Å². The third kappa shape index (κ3) is 1.45. The van der Waals surface area contributed by atoms with Gasteiger partial charge in [-0.15, -0.1) is 0 Å². The van der Waals surface area contributed by atoms with E-state index in [1.165, 1.54) is 0 Å². The van der Waals surface area contributed by atoms with Gasteiger partial charge < -0.3 is 10.2 Å². The van der Waals surface area contributed by atoms with Gasteiger partial charge >= 0.3 is 0 Å². The quantitative estimate of drug-likeness (QED) is 0.643. The van der Waals surface area contributed by atoms with Crippen molar-refractivity contribution in [2.45, 2.75) is 44.3 Å². The summed E-state index contributed by atoms with van der Waals surface area (Å²) in [6.45, 7) is 1.82. The number of aliphatic hydroxyl groups is 2. The van der Waals surface area contributed by atoms with Crippen LogP contribution in [0.2, 0.25) is 0 Å². The lowest BCUT2D eigenvalue weighted by molar-refractivity contribution is -0.0880. The zero-order chi connectivity index (χ0) is 9.19. The molecule has 1 aliphatic rings. The van der Waals surface area contributed by atoms with Crippen LogP contribution in [-0.2, 0) is 0 Å². The van der Waals surface area contributed by atoms with Crippen molar-refractivity contribution >= 4 is 0 Å². The molecule has 0 bridgehead atoms. The number of rotatable bonds is 2. The highest BCUT2D eigenvalue weighted by Gasteiger charge is 2.44. The fourth-order valence-electron chi connectivity index (χ4n) is 1.88. The number of hydrogen-bond donors (Lipinski definition) is 2. The minimum absolute atomic E-state index is 0.125. The summed E-state index contributed by atoms with van der Waals surface area (Å²) < 4.78 is 0. The van der Waals surface area contributed by atoms with Crippen molar-refractivity contribution in [2.75, 3.05) is 0 Å². The van der Waals surface area contributed by atoms with Crippen LogP contribution in [0.1, 0.15) is 32.6 Å². The summed E-state index contributed by atoms with van der Waals surface area (Å²) >= 11 is 0. The molecule has 0 heterocycles. The number of nitrogens with zero attached hydrogens (tertiary/aromatic N) is 1. The van der Waals surface area contributed by atoms with E-state index in [-0.39, 0.29) is 5.92 Å². The molecule has 0 radical (unpaired) electrons. The normalized spacial score (nSPS) is 37.7. The summed E-state index contributed by atoms with van der Waals surface area (Å²) in [6, 6.07) is 2.02. The zero-order valence-corrected chi connectivity index (χ0v) is 7.32. The molecule has 0 aromatic carbocycles. The Morgan fingerprint density at radius 2 is 2.42 bits per heavy atom. The van der Waals surface area contributed by atoms with Crippen molar-refractivity contribution in [1.29, 1.82) is 5.26 Å². The smallest absolute Gasteiger partial charge is 0.0940 e. The van der Waals surface area contributed by atoms with E-state index in [1.807, 2.05) is 13.0 Å². The molecule has 3 heteroatoms. The van der Waals surface area contributed by atoms with Crippen molar-refractivity contribution in [2.24, 2.45) is 5.92 Å². The van der Waals surface area contributed by atoms with Crippen LogP contribution in [0, 0.1) is 17.2 Å². The van der Waals surface area contributed by atoms with Crippen LogP contribution in [0.5, 0.6) is 0 Å². The van der Waals surface area contributed by atoms with Crippen LogP contribution in [0.25, 0.3) is 0 Å². The summed E-state index contributed by atoms with van der Waals surface area (Å²) in [7, 11) is 0. The first-order valence-electron chi connectivity index (χ1n) is 4.38. The molecular weight excluding hydrogens is 154 g/mol. The first kappa shape index (κ1) is 9.50. The van der Waals surface area contributed by atoms with E-state index in [0.717, 1.165) is 6.42 Å². The average molecular weight is 169 g/mol. The Kier molecular flexibility index (Phi) is 2.71. The van der Waals surface area contributed by atoms with Gasteiger partial charge in [0, 0.05) is 12.3 Å². The molecular formula is C9H15NO2. The van der Waals surface area contributed by atoms with Crippen molar-refractivity contribution in [3.05, 3.63) is 0 Å². The van der Waals surface area contributed by atoms with Gasteiger partial charge in [0.05, 0.1) is 17.8 Å². The van der Waals surface area contributed by atoms with Gasteiger partial charge in [-0.05, 0) is 19.3 Å². The standard InChI is InChI=1S/C9H15NO2/c1-7(4-6-10)9(12)5-2-3-8(9)11/h7-8,11-12H,2-5H2,1H3. The van der Waals surface area contributed by atoms with Crippen molar-refractivity contribution in [3.63, 3.8) is 0 Å². The average Bonchev–Trinajstić information content (AvgIpc) is 2.34. The minimum Gasteiger partial charge on any atom is -0.390 e. The second-order valence-electron chi connectivity index (χ2n) is 3.66. The first-order chi connectivity index (χ1) is 5.61. The fourth-order valence-corrected chi connectivity index (χ4v) is 1.88. The van der Waals surface area contributed by atoms with Gasteiger partial charge in [-0.3, -0.25) is 0 Å². The van der Waals surface area contributed by atoms with Gasteiger partial charge in [0.1, 0.15) is 0 Å². The fraction of sp³-hybridized carbons (Fsp3) is 0.889. The minimum atomic E-state index is -1.00. The van der Waals surface area contributed by atoms with Crippen LogP contribution in [0.4, 0.5) is 0 Å². The Morgan fingerprint density at radius 3 is 2.83 bits per heavy atom. The Hall–Kier alpha value is -0.590. The molecule has 3 atom stereocenters. The lowest BCUT2D eigenvalue weighted by Gasteiger charge is -2.31. The molecule has 68 valence electrons. The van der Waals surface area contributed by atoms with Crippen LogP contribution in [-0.4, -0.2) is 21.9 Å². The Bertz CT molecular complexity index is 199. The summed E-state index contributed by atoms with van der Waals surface area (Å²) in [4.78, 5) is 0. The van der Waals surface area contributed by atoms with Crippen molar-refractivity contribution in [3.8, 4) is 6.07 Å². The highest BCUT2D eigenvalue weighted by atomic mass is 16.3. The van der Waals surface area contributed by atoms with Gasteiger partial charge in [-0.1, -0.05) is 6.92 Å². The van der Waals surface area contributed by atoms with Crippen LogP contribution in [0.3, 0.4) is 0 Å². The monoisotopic (exact) mass is 169 g/mol. The van der Waals surface area contributed by atoms with Gasteiger partial charge in [0.2, 0.25) is 0 Å². The predicted octanol–water partition coefficient (Wildman–Crippen LogP) is 0.812. The molecule has 1 aliphatic carbocycles. The second-order valence-corrected chi connectivity index (χ2v) is 3.66. The van der Waals surface area contributed by atoms with Crippen LogP contribution < -0.4 is 0 Å². The van der Waals surface area contributed by atoms with E-state index >= 15 is 0 Å². The van der Waals surface area contributed by atoms with E-state index in [9.17, 15) is 10.2 Å². The molecule has 0 amide bonds. The molecule has 0 aliphatic heterocycles. The highest BCUT2D eigenvalue weighted by molar-refractivity contribution is 4.98. The third-order valence-electron chi connectivity index (χ3n) is 2.88. The SMILES string of the molecule is CC(CC#N)C1(O)CCCC1O. The van der Waals surface area contributed by atoms with Crippen molar-refractivity contribution in [1.82, 2.24) is 0 Å². The van der Waals surface area contributed by atoms with E-state index in [0.29, 0.717) is 19.3 Å².